The number of methoxy groups -OCH3 is 1. The lowest BCUT2D eigenvalue weighted by atomic mass is 9.88. The van der Waals surface area contributed by atoms with Gasteiger partial charge in [0, 0.05) is 78.1 Å². The monoisotopic (exact) mass is 1070 g/mol. The number of halogens is 1. The van der Waals surface area contributed by atoms with E-state index in [2.05, 4.69) is 52.3 Å². The maximum Gasteiger partial charge on any atom is 0.319 e. The number of fused-ring (bicyclic) bond motifs is 4. The van der Waals surface area contributed by atoms with E-state index in [1.807, 2.05) is 81.4 Å². The minimum atomic E-state index is -0.735. The molecule has 79 heavy (non-hydrogen) atoms. The van der Waals surface area contributed by atoms with Gasteiger partial charge in [0.05, 0.1) is 42.4 Å². The molecule has 12 rings (SSSR count). The van der Waals surface area contributed by atoms with Crippen LogP contribution in [0.15, 0.2) is 91.4 Å². The average Bonchev–Trinajstić information content (AvgIpc) is 4.29. The summed E-state index contributed by atoms with van der Waals surface area (Å²) in [5.41, 5.74) is 8.68. The lowest BCUT2D eigenvalue weighted by Gasteiger charge is -2.30. The van der Waals surface area contributed by atoms with Gasteiger partial charge in [-0.1, -0.05) is 67.6 Å². The highest BCUT2D eigenvalue weighted by Gasteiger charge is 2.42. The fraction of sp³-hybridized carbons (Fsp3) is 0.407. The lowest BCUT2D eigenvalue weighted by Crippen LogP contribution is -2.50. The Hall–Kier alpha value is -7.94. The molecule has 2 bridgehead atoms. The topological polar surface area (TPSA) is 224 Å². The molecule has 4 N–H and O–H groups in total. The SMILES string of the molecule is CO[C@@H](C)COc1nc(N2C[C@@H]3C[C@H]2CN3)c2cc(C3CC3)c(-c3c(C)c(F)cc4[nH]ncc34)c(OCc3ccc(-c4cn([C@H](C(=O)N5CCC[C@H]5C(=O)N[C@@H](CO)c5ccc(-c6cccnn6)cc5)C(C)C)nn4)cc3)c2n1. The van der Waals surface area contributed by atoms with Gasteiger partial charge < -0.3 is 39.8 Å². The molecule has 0 spiro atoms. The van der Waals surface area contributed by atoms with Crippen LogP contribution in [0.4, 0.5) is 10.2 Å². The molecule has 4 fully saturated rings. The number of aliphatic hydroxyl groups is 1. The molecule has 6 atom stereocenters. The highest BCUT2D eigenvalue weighted by Crippen LogP contribution is 2.53. The molecule has 4 aromatic carbocycles. The number of aromatic amines is 1. The second-order valence-electron chi connectivity index (χ2n) is 21.8. The fourth-order valence-corrected chi connectivity index (χ4v) is 11.7. The molecule has 2 amide bonds. The summed E-state index contributed by atoms with van der Waals surface area (Å²) in [5, 5.41) is 43.2. The van der Waals surface area contributed by atoms with Gasteiger partial charge in [-0.25, -0.2) is 9.07 Å². The zero-order chi connectivity index (χ0) is 54.5. The molecule has 8 aromatic rings. The van der Waals surface area contributed by atoms with E-state index in [-0.39, 0.29) is 67.4 Å². The molecule has 1 saturated carbocycles. The van der Waals surface area contributed by atoms with Crippen LogP contribution in [0.3, 0.4) is 0 Å². The number of anilines is 1. The first-order valence-electron chi connectivity index (χ1n) is 27.3. The molecular formula is C59H64FN13O6. The number of hydrogen-bond donors (Lipinski definition) is 4. The van der Waals surface area contributed by atoms with E-state index in [9.17, 15) is 14.7 Å². The highest BCUT2D eigenvalue weighted by molar-refractivity contribution is 6.06. The summed E-state index contributed by atoms with van der Waals surface area (Å²) in [6.07, 6.45) is 9.04. The van der Waals surface area contributed by atoms with Crippen molar-refractivity contribution in [3.05, 3.63) is 119 Å². The highest BCUT2D eigenvalue weighted by atomic mass is 19.1. The number of carbonyl (C=O) groups is 2. The van der Waals surface area contributed by atoms with Crippen LogP contribution in [0.25, 0.3) is 55.4 Å². The maximum absolute atomic E-state index is 16.1. The molecule has 408 valence electrons. The number of piperazine rings is 1. The second-order valence-corrected chi connectivity index (χ2v) is 21.8. The summed E-state index contributed by atoms with van der Waals surface area (Å²) in [5.74, 6) is 0.423. The quantitative estimate of drug-likeness (QED) is 0.0607. The van der Waals surface area contributed by atoms with Gasteiger partial charge in [0.15, 0.2) is 5.75 Å². The average molecular weight is 1070 g/mol. The summed E-state index contributed by atoms with van der Waals surface area (Å²) in [6, 6.07) is 21.4. The number of likely N-dealkylation sites (tertiary alicyclic amines) is 1. The van der Waals surface area contributed by atoms with Crippen LogP contribution in [0.1, 0.15) is 93.1 Å². The molecule has 0 radical (unpaired) electrons. The van der Waals surface area contributed by atoms with Crippen molar-refractivity contribution in [2.45, 2.75) is 109 Å². The van der Waals surface area contributed by atoms with Crippen molar-refractivity contribution in [1.29, 1.82) is 0 Å². The van der Waals surface area contributed by atoms with Gasteiger partial charge in [0.1, 0.15) is 48.1 Å². The van der Waals surface area contributed by atoms with Crippen molar-refractivity contribution in [3.8, 4) is 45.4 Å². The van der Waals surface area contributed by atoms with Crippen molar-refractivity contribution in [2.75, 3.05) is 44.9 Å². The standard InChI is InChI=1S/C59H64FN13O6/c1-32(2)54(58(76)71-21-7-9-50(71)57(75)64-49(29-74)39-18-16-37(17-19-39)46-8-6-20-62-67-46)73-28-48(69-70-73)38-12-10-35(11-13-38)31-78-55-52(51-34(4)45(60)24-47-44(51)26-63-68-47)42(36-14-15-36)23-43-53(55)65-59(79-30-33(3)77-5)66-56(43)72-27-40-22-41(72)25-61-40/h6,8,10-13,16-20,23-24,26,28,32-33,36,40-41,49-50,54,61,74H,7,9,14-15,21-22,25,27,29-31H2,1-5H3,(H,63,68)(H,64,75)/t33-,40-,41-,49-,50-,54-/m0/s1. The molecule has 19 nitrogen and oxygen atoms in total. The molecule has 3 saturated heterocycles. The largest absolute Gasteiger partial charge is 0.486 e. The number of rotatable bonds is 19. The summed E-state index contributed by atoms with van der Waals surface area (Å²) in [6.45, 7) is 9.75. The Morgan fingerprint density at radius 2 is 1.73 bits per heavy atom. The van der Waals surface area contributed by atoms with Crippen LogP contribution < -0.4 is 25.0 Å². The molecule has 4 aliphatic rings. The van der Waals surface area contributed by atoms with E-state index in [1.165, 1.54) is 6.07 Å². The number of carbonyl (C=O) groups excluding carboxylic acids is 2. The first-order chi connectivity index (χ1) is 38.4. The number of benzene rings is 4. The minimum absolute atomic E-state index is 0.143. The van der Waals surface area contributed by atoms with E-state index in [4.69, 9.17) is 24.2 Å². The summed E-state index contributed by atoms with van der Waals surface area (Å²) < 4.78 is 36.7. The van der Waals surface area contributed by atoms with E-state index in [0.717, 1.165) is 82.3 Å². The Bertz CT molecular complexity index is 3540. The van der Waals surface area contributed by atoms with Gasteiger partial charge in [-0.2, -0.15) is 25.3 Å². The third kappa shape index (κ3) is 10.1. The first-order valence-corrected chi connectivity index (χ1v) is 27.3. The molecule has 4 aromatic heterocycles. The van der Waals surface area contributed by atoms with Crippen LogP contribution in [0, 0.1) is 18.7 Å². The van der Waals surface area contributed by atoms with Crippen LogP contribution in [-0.4, -0.2) is 131 Å². The molecule has 20 heteroatoms. The van der Waals surface area contributed by atoms with Crippen LogP contribution >= 0.6 is 0 Å². The predicted molar refractivity (Wildman–Crippen MR) is 295 cm³/mol. The summed E-state index contributed by atoms with van der Waals surface area (Å²) in [7, 11) is 1.64. The van der Waals surface area contributed by atoms with Gasteiger partial charge in [-0.05, 0) is 104 Å². The van der Waals surface area contributed by atoms with E-state index in [1.54, 1.807) is 42.2 Å². The zero-order valence-corrected chi connectivity index (χ0v) is 44.9. The maximum atomic E-state index is 16.1. The molecule has 3 aliphatic heterocycles. The molecule has 7 heterocycles. The third-order valence-electron chi connectivity index (χ3n) is 16.2. The smallest absolute Gasteiger partial charge is 0.319 e. The van der Waals surface area contributed by atoms with Gasteiger partial charge >= 0.3 is 6.01 Å². The number of aliphatic hydroxyl groups excluding tert-OH is 1. The molecule has 1 aliphatic carbocycles. The fourth-order valence-electron chi connectivity index (χ4n) is 11.7. The predicted octanol–water partition coefficient (Wildman–Crippen LogP) is 7.79. The molecule has 0 unspecified atom stereocenters. The lowest BCUT2D eigenvalue weighted by molar-refractivity contribution is -0.142. The summed E-state index contributed by atoms with van der Waals surface area (Å²) in [4.78, 5) is 42.8. The van der Waals surface area contributed by atoms with Gasteiger partial charge in [-0.3, -0.25) is 14.7 Å². The van der Waals surface area contributed by atoms with Crippen LogP contribution in [-0.2, 0) is 20.9 Å². The zero-order valence-electron chi connectivity index (χ0n) is 44.9. The third-order valence-corrected chi connectivity index (χ3v) is 16.2. The van der Waals surface area contributed by atoms with Crippen molar-refractivity contribution >= 4 is 39.4 Å². The van der Waals surface area contributed by atoms with Crippen molar-refractivity contribution < 1.29 is 33.3 Å². The number of nitrogens with one attached hydrogen (secondary N) is 3. The minimum Gasteiger partial charge on any atom is -0.486 e. The molecular weight excluding hydrogens is 1010 g/mol. The number of H-pyrrole nitrogens is 1. The van der Waals surface area contributed by atoms with Crippen molar-refractivity contribution in [3.63, 3.8) is 0 Å². The van der Waals surface area contributed by atoms with Gasteiger partial charge in [-0.15, -0.1) is 5.10 Å². The second kappa shape index (κ2) is 21.7. The Kier molecular flexibility index (Phi) is 14.2. The van der Waals surface area contributed by atoms with Gasteiger partial charge in [0.25, 0.3) is 0 Å². The summed E-state index contributed by atoms with van der Waals surface area (Å²) >= 11 is 0. The van der Waals surface area contributed by atoms with Gasteiger partial charge in [0.2, 0.25) is 11.8 Å². The van der Waals surface area contributed by atoms with E-state index in [0.29, 0.717) is 64.7 Å². The normalized spacial score (nSPS) is 19.2. The van der Waals surface area contributed by atoms with Crippen molar-refractivity contribution in [2.24, 2.45) is 5.92 Å². The Labute approximate surface area is 456 Å². The Balaban J connectivity index is 0.819. The number of ether oxygens (including phenoxy) is 3. The van der Waals surface area contributed by atoms with Crippen LogP contribution in [0.2, 0.25) is 0 Å². The number of amides is 2. The van der Waals surface area contributed by atoms with Crippen molar-refractivity contribution in [1.82, 2.24) is 60.9 Å². The van der Waals surface area contributed by atoms with Crippen LogP contribution in [0.5, 0.6) is 11.8 Å². The number of aromatic nitrogens is 9. The number of hydrogen-bond acceptors (Lipinski definition) is 15. The first kappa shape index (κ1) is 51.8. The Morgan fingerprint density at radius 3 is 2.44 bits per heavy atom. The Morgan fingerprint density at radius 1 is 0.937 bits per heavy atom. The van der Waals surface area contributed by atoms with E-state index < -0.39 is 18.1 Å². The number of nitrogens with zero attached hydrogens (tertiary/aromatic N) is 10. The van der Waals surface area contributed by atoms with E-state index >= 15 is 4.39 Å².